The summed E-state index contributed by atoms with van der Waals surface area (Å²) in [5, 5.41) is 0. The van der Waals surface area contributed by atoms with Crippen LogP contribution >= 0.6 is 0 Å². The van der Waals surface area contributed by atoms with Gasteiger partial charge in [-0.3, -0.25) is 0 Å². The number of hydrogen-bond donors (Lipinski definition) is 0. The normalized spacial score (nSPS) is 9.25. The molecule has 0 unspecified atom stereocenters. The summed E-state index contributed by atoms with van der Waals surface area (Å²) in [6, 6.07) is 0. The molecule has 0 spiro atoms. The third-order valence-corrected chi connectivity index (χ3v) is 0.962. The minimum atomic E-state index is 0.986. The van der Waals surface area contributed by atoms with E-state index >= 15 is 0 Å². The van der Waals surface area contributed by atoms with Gasteiger partial charge in [-0.15, -0.1) is 5.73 Å². The van der Waals surface area contributed by atoms with Crippen molar-refractivity contribution in [2.45, 2.75) is 20.3 Å². The van der Waals surface area contributed by atoms with E-state index < -0.39 is 0 Å². The van der Waals surface area contributed by atoms with Crippen LogP contribution in [0.2, 0.25) is 0 Å². The molecule has 0 atom stereocenters. The fraction of sp³-hybridized carbons (Fsp3) is 0.375. The van der Waals surface area contributed by atoms with Crippen LogP contribution in [0.5, 0.6) is 0 Å². The Kier molecular flexibility index (Phi) is 4.01. The monoisotopic (exact) mass is 108 g/mol. The standard InChI is InChI=1S/C8H12/c1-4-6-7-8(3)5-2/h4,6H,2,7H2,1,3H3. The van der Waals surface area contributed by atoms with E-state index in [1.54, 1.807) is 0 Å². The van der Waals surface area contributed by atoms with E-state index in [0.717, 1.165) is 6.42 Å². The van der Waals surface area contributed by atoms with Crippen molar-refractivity contribution >= 4 is 0 Å². The molecule has 0 aliphatic rings. The summed E-state index contributed by atoms with van der Waals surface area (Å²) in [5.74, 6) is 0. The lowest BCUT2D eigenvalue weighted by atomic mass is 10.2. The van der Waals surface area contributed by atoms with E-state index in [9.17, 15) is 0 Å². The first-order valence-electron chi connectivity index (χ1n) is 2.78. The highest BCUT2D eigenvalue weighted by molar-refractivity contribution is 5.01. The molecule has 0 heteroatoms. The zero-order valence-electron chi connectivity index (χ0n) is 5.57. The van der Waals surface area contributed by atoms with Crippen molar-refractivity contribution in [2.75, 3.05) is 0 Å². The molecule has 0 radical (unpaired) electrons. The van der Waals surface area contributed by atoms with Crippen molar-refractivity contribution in [1.29, 1.82) is 0 Å². The highest BCUT2D eigenvalue weighted by atomic mass is 13.8. The molecule has 0 aromatic heterocycles. The second-order valence-corrected chi connectivity index (χ2v) is 1.73. The highest BCUT2D eigenvalue weighted by Gasteiger charge is 1.76. The lowest BCUT2D eigenvalue weighted by Crippen LogP contribution is -1.65. The minimum absolute atomic E-state index is 0.986. The zero-order valence-corrected chi connectivity index (χ0v) is 5.57. The van der Waals surface area contributed by atoms with Crippen LogP contribution in [0.1, 0.15) is 20.3 Å². The smallest absolute Gasteiger partial charge is 0.00656 e. The van der Waals surface area contributed by atoms with Crippen molar-refractivity contribution in [1.82, 2.24) is 0 Å². The quantitative estimate of drug-likeness (QED) is 0.377. The fourth-order valence-corrected chi connectivity index (χ4v) is 0.367. The molecule has 8 heavy (non-hydrogen) atoms. The van der Waals surface area contributed by atoms with Gasteiger partial charge in [-0.1, -0.05) is 18.7 Å². The van der Waals surface area contributed by atoms with E-state index in [4.69, 9.17) is 0 Å². The molecule has 0 nitrogen and oxygen atoms in total. The maximum absolute atomic E-state index is 3.52. The maximum atomic E-state index is 3.52. The molecule has 0 aliphatic carbocycles. The topological polar surface area (TPSA) is 0 Å². The number of allylic oxidation sites excluding steroid dienone is 3. The lowest BCUT2D eigenvalue weighted by molar-refractivity contribution is 1.22. The van der Waals surface area contributed by atoms with Crippen LogP contribution < -0.4 is 0 Å². The molecule has 0 saturated carbocycles. The van der Waals surface area contributed by atoms with Crippen LogP contribution in [0.25, 0.3) is 0 Å². The molecule has 0 heterocycles. The Morgan fingerprint density at radius 1 is 1.75 bits per heavy atom. The third kappa shape index (κ3) is 3.45. The van der Waals surface area contributed by atoms with Gasteiger partial charge in [-0.05, 0) is 25.8 Å². The van der Waals surface area contributed by atoms with Crippen LogP contribution in [0.3, 0.4) is 0 Å². The average molecular weight is 108 g/mol. The number of hydrogen-bond acceptors (Lipinski definition) is 0. The molecule has 0 aromatic carbocycles. The minimum Gasteiger partial charge on any atom is -0.130 e. The Morgan fingerprint density at radius 2 is 2.38 bits per heavy atom. The first kappa shape index (κ1) is 7.26. The van der Waals surface area contributed by atoms with Gasteiger partial charge in [0.2, 0.25) is 0 Å². The molecule has 0 N–H and O–H groups in total. The van der Waals surface area contributed by atoms with Gasteiger partial charge in [0.25, 0.3) is 0 Å². The summed E-state index contributed by atoms with van der Waals surface area (Å²) in [5.41, 5.74) is 4.01. The van der Waals surface area contributed by atoms with E-state index in [1.807, 2.05) is 19.9 Å². The van der Waals surface area contributed by atoms with Crippen molar-refractivity contribution in [3.8, 4) is 0 Å². The molecule has 0 saturated heterocycles. The summed E-state index contributed by atoms with van der Waals surface area (Å²) in [7, 11) is 0. The summed E-state index contributed by atoms with van der Waals surface area (Å²) in [4.78, 5) is 0. The molecule has 0 rings (SSSR count). The van der Waals surface area contributed by atoms with E-state index in [-0.39, 0.29) is 0 Å². The Hall–Kier alpha value is -0.740. The maximum Gasteiger partial charge on any atom is -0.00656 e. The van der Waals surface area contributed by atoms with Crippen molar-refractivity contribution in [3.05, 3.63) is 30.0 Å². The summed E-state index contributed by atoms with van der Waals surface area (Å²) in [6.07, 6.45) is 5.11. The second-order valence-electron chi connectivity index (χ2n) is 1.73. The first-order chi connectivity index (χ1) is 3.81. The van der Waals surface area contributed by atoms with E-state index in [2.05, 4.69) is 18.4 Å². The first-order valence-corrected chi connectivity index (χ1v) is 2.78. The molecule has 0 amide bonds. The molecule has 0 bridgehead atoms. The Labute approximate surface area is 51.2 Å². The Bertz CT molecular complexity index is 123. The Balaban J connectivity index is 3.56. The summed E-state index contributed by atoms with van der Waals surface area (Å²) in [6.45, 7) is 7.55. The molecular weight excluding hydrogens is 96.1 g/mol. The van der Waals surface area contributed by atoms with Crippen molar-refractivity contribution < 1.29 is 0 Å². The highest BCUT2D eigenvalue weighted by Crippen LogP contribution is 1.96. The van der Waals surface area contributed by atoms with Gasteiger partial charge in [0.05, 0.1) is 0 Å². The van der Waals surface area contributed by atoms with Crippen LogP contribution in [0.4, 0.5) is 0 Å². The predicted octanol–water partition coefficient (Wildman–Crippen LogP) is 2.68. The van der Waals surface area contributed by atoms with Crippen LogP contribution in [-0.2, 0) is 0 Å². The van der Waals surface area contributed by atoms with Crippen molar-refractivity contribution in [3.63, 3.8) is 0 Å². The van der Waals surface area contributed by atoms with Gasteiger partial charge in [0, 0.05) is 0 Å². The molecule has 0 aromatic rings. The van der Waals surface area contributed by atoms with Gasteiger partial charge in [0.1, 0.15) is 0 Å². The van der Waals surface area contributed by atoms with Gasteiger partial charge in [-0.2, -0.15) is 0 Å². The van der Waals surface area contributed by atoms with Crippen molar-refractivity contribution in [2.24, 2.45) is 0 Å². The van der Waals surface area contributed by atoms with Gasteiger partial charge in [-0.25, -0.2) is 0 Å². The number of rotatable bonds is 2. The van der Waals surface area contributed by atoms with Gasteiger partial charge in [0.15, 0.2) is 0 Å². The van der Waals surface area contributed by atoms with E-state index in [0.29, 0.717) is 0 Å². The molecule has 0 aliphatic heterocycles. The largest absolute Gasteiger partial charge is 0.130 e. The zero-order chi connectivity index (χ0) is 6.41. The van der Waals surface area contributed by atoms with Crippen LogP contribution in [-0.4, -0.2) is 0 Å². The average Bonchev–Trinajstić information content (AvgIpc) is 1.83. The third-order valence-electron chi connectivity index (χ3n) is 0.962. The van der Waals surface area contributed by atoms with Gasteiger partial charge < -0.3 is 0 Å². The second kappa shape index (κ2) is 4.42. The molecular formula is C8H12. The Morgan fingerprint density at radius 3 is 2.75 bits per heavy atom. The predicted molar refractivity (Wildman–Crippen MR) is 37.8 cm³/mol. The van der Waals surface area contributed by atoms with Gasteiger partial charge >= 0.3 is 0 Å². The molecule has 0 fully saturated rings. The SMILES string of the molecule is C=C=C(C)CC=CC. The summed E-state index contributed by atoms with van der Waals surface area (Å²) < 4.78 is 0. The van der Waals surface area contributed by atoms with E-state index in [1.165, 1.54) is 5.57 Å². The van der Waals surface area contributed by atoms with Crippen LogP contribution in [0.15, 0.2) is 30.0 Å². The fourth-order valence-electron chi connectivity index (χ4n) is 0.367. The molecule has 44 valence electrons. The lowest BCUT2D eigenvalue weighted by Gasteiger charge is -1.84. The van der Waals surface area contributed by atoms with Crippen LogP contribution in [0, 0.1) is 0 Å². The summed E-state index contributed by atoms with van der Waals surface area (Å²) >= 11 is 0.